The van der Waals surface area contributed by atoms with Crippen LogP contribution in [0.2, 0.25) is 15.1 Å². The number of hydrogen-bond donors (Lipinski definition) is 0. The zero-order chi connectivity index (χ0) is 14.7. The van der Waals surface area contributed by atoms with Gasteiger partial charge in [0.1, 0.15) is 5.69 Å². The molecule has 2 rings (SSSR count). The first-order valence-electron chi connectivity index (χ1n) is 5.79. The lowest BCUT2D eigenvalue weighted by molar-refractivity contribution is 0.0779. The minimum Gasteiger partial charge on any atom is -0.336 e. The summed E-state index contributed by atoms with van der Waals surface area (Å²) in [6.45, 7) is 0.340. The molecule has 1 aromatic heterocycles. The highest BCUT2D eigenvalue weighted by molar-refractivity contribution is 6.42. The highest BCUT2D eigenvalue weighted by Gasteiger charge is 2.15. The summed E-state index contributed by atoms with van der Waals surface area (Å²) in [4.78, 5) is 17.7. The van der Waals surface area contributed by atoms with Crippen LogP contribution in [0.25, 0.3) is 0 Å². The molecular formula is C14H11Cl3N2O. The van der Waals surface area contributed by atoms with Crippen molar-refractivity contribution >= 4 is 40.7 Å². The Hall–Kier alpha value is -1.29. The van der Waals surface area contributed by atoms with E-state index in [2.05, 4.69) is 4.98 Å². The molecule has 1 aromatic carbocycles. The van der Waals surface area contributed by atoms with Crippen molar-refractivity contribution in [3.05, 3.63) is 62.9 Å². The molecule has 0 bridgehead atoms. The third kappa shape index (κ3) is 3.42. The van der Waals surface area contributed by atoms with E-state index in [-0.39, 0.29) is 11.6 Å². The zero-order valence-corrected chi connectivity index (χ0v) is 12.9. The van der Waals surface area contributed by atoms with Crippen LogP contribution in [0.1, 0.15) is 16.1 Å². The number of pyridine rings is 1. The molecule has 0 fully saturated rings. The number of halogens is 3. The van der Waals surface area contributed by atoms with E-state index in [1.807, 2.05) is 6.07 Å². The summed E-state index contributed by atoms with van der Waals surface area (Å²) in [5, 5.41) is 1.39. The second-order valence-electron chi connectivity index (χ2n) is 4.23. The fourth-order valence-electron chi connectivity index (χ4n) is 1.72. The lowest BCUT2D eigenvalue weighted by atomic mass is 10.2. The van der Waals surface area contributed by atoms with Crippen molar-refractivity contribution in [3.63, 3.8) is 0 Å². The Morgan fingerprint density at radius 2 is 2.00 bits per heavy atom. The summed E-state index contributed by atoms with van der Waals surface area (Å²) in [5.74, 6) is -0.233. The molecule has 0 spiro atoms. The van der Waals surface area contributed by atoms with Crippen molar-refractivity contribution in [2.75, 3.05) is 7.05 Å². The van der Waals surface area contributed by atoms with Crippen LogP contribution in [-0.2, 0) is 6.54 Å². The lowest BCUT2D eigenvalue weighted by Crippen LogP contribution is -2.27. The van der Waals surface area contributed by atoms with E-state index in [9.17, 15) is 4.79 Å². The third-order valence-corrected chi connectivity index (χ3v) is 3.82. The number of carbonyl (C=O) groups excluding carboxylic acids is 1. The molecule has 0 N–H and O–H groups in total. The molecule has 20 heavy (non-hydrogen) atoms. The molecule has 2 aromatic rings. The summed E-state index contributed by atoms with van der Waals surface area (Å²) in [5.41, 5.74) is 1.06. The maximum atomic E-state index is 12.2. The summed E-state index contributed by atoms with van der Waals surface area (Å²) in [7, 11) is 1.67. The minimum atomic E-state index is -0.233. The number of amides is 1. The standard InChI is InChI=1S/C14H11Cl3N2O/c1-19(8-9-3-2-4-11(16)13(9)17)14(20)12-7-10(15)5-6-18-12/h2-7H,8H2,1H3. The number of benzene rings is 1. The van der Waals surface area contributed by atoms with E-state index in [0.717, 1.165) is 5.56 Å². The van der Waals surface area contributed by atoms with Crippen molar-refractivity contribution in [1.82, 2.24) is 9.88 Å². The Balaban J connectivity index is 2.18. The summed E-state index contributed by atoms with van der Waals surface area (Å²) in [6, 6.07) is 8.46. The second kappa shape index (κ2) is 6.44. The molecule has 6 heteroatoms. The molecule has 0 atom stereocenters. The van der Waals surface area contributed by atoms with Crippen molar-refractivity contribution < 1.29 is 4.79 Å². The zero-order valence-electron chi connectivity index (χ0n) is 10.6. The highest BCUT2D eigenvalue weighted by atomic mass is 35.5. The first-order chi connectivity index (χ1) is 9.49. The Kier molecular flexibility index (Phi) is 4.86. The molecule has 104 valence electrons. The number of rotatable bonds is 3. The predicted molar refractivity (Wildman–Crippen MR) is 81.5 cm³/mol. The molecule has 3 nitrogen and oxygen atoms in total. The molecule has 0 aliphatic rings. The quantitative estimate of drug-likeness (QED) is 0.840. The Morgan fingerprint density at radius 3 is 2.70 bits per heavy atom. The monoisotopic (exact) mass is 328 g/mol. The smallest absolute Gasteiger partial charge is 0.272 e. The van der Waals surface area contributed by atoms with Gasteiger partial charge in [0.15, 0.2) is 0 Å². The fraction of sp³-hybridized carbons (Fsp3) is 0.143. The highest BCUT2D eigenvalue weighted by Crippen LogP contribution is 2.26. The molecule has 0 unspecified atom stereocenters. The summed E-state index contributed by atoms with van der Waals surface area (Å²) < 4.78 is 0. The van der Waals surface area contributed by atoms with Crippen molar-refractivity contribution in [2.45, 2.75) is 6.54 Å². The SMILES string of the molecule is CN(Cc1cccc(Cl)c1Cl)C(=O)c1cc(Cl)ccn1. The number of nitrogens with zero attached hydrogens (tertiary/aromatic N) is 2. The van der Waals surface area contributed by atoms with Gasteiger partial charge in [-0.05, 0) is 23.8 Å². The van der Waals surface area contributed by atoms with Crippen LogP contribution in [0.3, 0.4) is 0 Å². The summed E-state index contributed by atoms with van der Waals surface area (Å²) >= 11 is 17.9. The predicted octanol–water partition coefficient (Wildman–Crippen LogP) is 4.31. The maximum absolute atomic E-state index is 12.2. The lowest BCUT2D eigenvalue weighted by Gasteiger charge is -2.18. The number of carbonyl (C=O) groups is 1. The average Bonchev–Trinajstić information content (AvgIpc) is 2.43. The number of hydrogen-bond acceptors (Lipinski definition) is 2. The van der Waals surface area contributed by atoms with Crippen LogP contribution in [0, 0.1) is 0 Å². The normalized spacial score (nSPS) is 10.4. The Bertz CT molecular complexity index is 646. The maximum Gasteiger partial charge on any atom is 0.272 e. The van der Waals surface area contributed by atoms with E-state index in [1.165, 1.54) is 17.2 Å². The molecule has 0 aliphatic carbocycles. The largest absolute Gasteiger partial charge is 0.336 e. The van der Waals surface area contributed by atoms with Gasteiger partial charge in [0.2, 0.25) is 0 Å². The van der Waals surface area contributed by atoms with Crippen molar-refractivity contribution in [2.24, 2.45) is 0 Å². The first-order valence-corrected chi connectivity index (χ1v) is 6.92. The molecule has 0 saturated carbocycles. The van der Waals surface area contributed by atoms with Crippen LogP contribution in [-0.4, -0.2) is 22.8 Å². The van der Waals surface area contributed by atoms with Crippen LogP contribution in [0.4, 0.5) is 0 Å². The summed E-state index contributed by atoms with van der Waals surface area (Å²) in [6.07, 6.45) is 1.50. The van der Waals surface area contributed by atoms with Gasteiger partial charge in [-0.1, -0.05) is 46.9 Å². The second-order valence-corrected chi connectivity index (χ2v) is 5.46. The molecular weight excluding hydrogens is 319 g/mol. The number of aromatic nitrogens is 1. The topological polar surface area (TPSA) is 33.2 Å². The molecule has 1 heterocycles. The van der Waals surface area contributed by atoms with Gasteiger partial charge in [0.05, 0.1) is 10.0 Å². The molecule has 0 aliphatic heterocycles. The van der Waals surface area contributed by atoms with Crippen LogP contribution >= 0.6 is 34.8 Å². The molecule has 0 radical (unpaired) electrons. The van der Waals surface area contributed by atoms with Gasteiger partial charge in [-0.3, -0.25) is 9.78 Å². The van der Waals surface area contributed by atoms with Gasteiger partial charge < -0.3 is 4.90 Å². The van der Waals surface area contributed by atoms with Gasteiger partial charge in [-0.2, -0.15) is 0 Å². The first kappa shape index (κ1) is 15.1. The fourth-order valence-corrected chi connectivity index (χ4v) is 2.25. The Morgan fingerprint density at radius 1 is 1.25 bits per heavy atom. The van der Waals surface area contributed by atoms with Crippen LogP contribution in [0.15, 0.2) is 36.5 Å². The van der Waals surface area contributed by atoms with E-state index in [0.29, 0.717) is 21.6 Å². The van der Waals surface area contributed by atoms with E-state index < -0.39 is 0 Å². The minimum absolute atomic E-state index is 0.233. The Labute approximate surface area is 132 Å². The van der Waals surface area contributed by atoms with E-state index in [4.69, 9.17) is 34.8 Å². The van der Waals surface area contributed by atoms with Gasteiger partial charge >= 0.3 is 0 Å². The van der Waals surface area contributed by atoms with Gasteiger partial charge in [0.25, 0.3) is 5.91 Å². The van der Waals surface area contributed by atoms with Crippen molar-refractivity contribution in [1.29, 1.82) is 0 Å². The van der Waals surface area contributed by atoms with Crippen LogP contribution < -0.4 is 0 Å². The van der Waals surface area contributed by atoms with Gasteiger partial charge in [0, 0.05) is 24.8 Å². The van der Waals surface area contributed by atoms with Crippen molar-refractivity contribution in [3.8, 4) is 0 Å². The molecule has 0 saturated heterocycles. The third-order valence-electron chi connectivity index (χ3n) is 2.73. The average molecular weight is 330 g/mol. The van der Waals surface area contributed by atoms with Gasteiger partial charge in [-0.15, -0.1) is 0 Å². The van der Waals surface area contributed by atoms with E-state index in [1.54, 1.807) is 25.2 Å². The van der Waals surface area contributed by atoms with E-state index >= 15 is 0 Å². The van der Waals surface area contributed by atoms with Crippen LogP contribution in [0.5, 0.6) is 0 Å². The van der Waals surface area contributed by atoms with Gasteiger partial charge in [-0.25, -0.2) is 0 Å². The molecule has 1 amide bonds.